The topological polar surface area (TPSA) is 105 Å². The van der Waals surface area contributed by atoms with Crippen LogP contribution >= 0.6 is 0 Å². The normalized spacial score (nSPS) is 18.8. The van der Waals surface area contributed by atoms with Crippen LogP contribution in [0, 0.1) is 0 Å². The average molecular weight is 469 g/mol. The van der Waals surface area contributed by atoms with E-state index in [0.717, 1.165) is 16.0 Å². The summed E-state index contributed by atoms with van der Waals surface area (Å²) in [6.07, 6.45) is -0.106. The van der Waals surface area contributed by atoms with Crippen molar-refractivity contribution in [2.45, 2.75) is 64.0 Å². The highest BCUT2D eigenvalue weighted by Crippen LogP contribution is 2.30. The van der Waals surface area contributed by atoms with Crippen molar-refractivity contribution < 1.29 is 29.0 Å². The van der Waals surface area contributed by atoms with Gasteiger partial charge in [-0.25, -0.2) is 9.59 Å². The molecule has 0 spiro atoms. The predicted octanol–water partition coefficient (Wildman–Crippen LogP) is 3.18. The third kappa shape index (κ3) is 6.57. The Hall–Kier alpha value is -3.39. The first kappa shape index (κ1) is 25.2. The fraction of sp³-hybridized carbons (Fsp3) is 0.423. The number of nitrogens with one attached hydrogen (secondary N) is 1. The van der Waals surface area contributed by atoms with Crippen LogP contribution in [0.3, 0.4) is 0 Å². The van der Waals surface area contributed by atoms with Crippen LogP contribution < -0.4 is 5.32 Å². The second kappa shape index (κ2) is 10.7. The standard InChI is InChI=1S/C26H32N2O6/c1-25(2,3)34-24(31)27-21(17-19-11-6-4-7-12-19)22(29)28-16-10-15-26(28,32)23(30)33-18-20-13-8-5-9-14-20/h4-9,11-14,21,32H,10,15-18H2,1-3H3,(H,27,31)/t21-,26-/m0/s1. The molecule has 0 unspecified atom stereocenters. The number of nitrogens with zero attached hydrogens (tertiary/aromatic N) is 1. The molecule has 0 aromatic heterocycles. The van der Waals surface area contributed by atoms with Gasteiger partial charge in [0.2, 0.25) is 11.6 Å². The zero-order valence-electron chi connectivity index (χ0n) is 19.8. The summed E-state index contributed by atoms with van der Waals surface area (Å²) >= 11 is 0. The van der Waals surface area contributed by atoms with Gasteiger partial charge in [-0.05, 0) is 38.3 Å². The Morgan fingerprint density at radius 3 is 2.21 bits per heavy atom. The summed E-state index contributed by atoms with van der Waals surface area (Å²) < 4.78 is 10.7. The summed E-state index contributed by atoms with van der Waals surface area (Å²) in [5.41, 5.74) is -1.27. The number of hydrogen-bond acceptors (Lipinski definition) is 6. The molecule has 2 aromatic carbocycles. The van der Waals surface area contributed by atoms with Crippen molar-refractivity contribution in [1.29, 1.82) is 0 Å². The van der Waals surface area contributed by atoms with Gasteiger partial charge in [-0.2, -0.15) is 0 Å². The van der Waals surface area contributed by atoms with E-state index >= 15 is 0 Å². The molecule has 1 heterocycles. The third-order valence-electron chi connectivity index (χ3n) is 5.43. The highest BCUT2D eigenvalue weighted by atomic mass is 16.6. The van der Waals surface area contributed by atoms with E-state index < -0.39 is 35.3 Å². The highest BCUT2D eigenvalue weighted by molar-refractivity contribution is 5.91. The molecule has 8 nitrogen and oxygen atoms in total. The number of alkyl carbamates (subject to hydrolysis) is 1. The van der Waals surface area contributed by atoms with Crippen LogP contribution in [0.2, 0.25) is 0 Å². The number of hydrogen-bond donors (Lipinski definition) is 2. The minimum absolute atomic E-state index is 0.0202. The second-order valence-electron chi connectivity index (χ2n) is 9.36. The Bertz CT molecular complexity index is 989. The Balaban J connectivity index is 1.77. The van der Waals surface area contributed by atoms with Crippen molar-refractivity contribution in [2.24, 2.45) is 0 Å². The lowest BCUT2D eigenvalue weighted by molar-refractivity contribution is -0.189. The van der Waals surface area contributed by atoms with E-state index in [2.05, 4.69) is 5.32 Å². The van der Waals surface area contributed by atoms with Crippen LogP contribution in [0.4, 0.5) is 4.79 Å². The number of esters is 1. The van der Waals surface area contributed by atoms with E-state index in [1.807, 2.05) is 48.5 Å². The molecule has 34 heavy (non-hydrogen) atoms. The lowest BCUT2D eigenvalue weighted by atomic mass is 10.0. The molecule has 0 aliphatic carbocycles. The fourth-order valence-electron chi connectivity index (χ4n) is 3.83. The van der Waals surface area contributed by atoms with E-state index in [9.17, 15) is 19.5 Å². The van der Waals surface area contributed by atoms with Gasteiger partial charge in [0.25, 0.3) is 0 Å². The predicted molar refractivity (Wildman–Crippen MR) is 125 cm³/mol. The van der Waals surface area contributed by atoms with E-state index in [0.29, 0.717) is 6.42 Å². The molecule has 2 amide bonds. The lowest BCUT2D eigenvalue weighted by Gasteiger charge is -2.34. The minimum atomic E-state index is -2.10. The smallest absolute Gasteiger partial charge is 0.408 e. The molecule has 2 N–H and O–H groups in total. The highest BCUT2D eigenvalue weighted by Gasteiger charge is 2.51. The number of aliphatic hydroxyl groups is 1. The number of carbonyl (C=O) groups excluding carboxylic acids is 3. The summed E-state index contributed by atoms with van der Waals surface area (Å²) in [6.45, 7) is 5.32. The molecule has 182 valence electrons. The number of amides is 2. The summed E-state index contributed by atoms with van der Waals surface area (Å²) in [7, 11) is 0. The van der Waals surface area contributed by atoms with Crippen LogP contribution in [-0.4, -0.2) is 51.9 Å². The van der Waals surface area contributed by atoms with Gasteiger partial charge in [-0.15, -0.1) is 0 Å². The average Bonchev–Trinajstić information content (AvgIpc) is 3.19. The molecule has 1 aliphatic rings. The Morgan fingerprint density at radius 2 is 1.62 bits per heavy atom. The van der Waals surface area contributed by atoms with Crippen LogP contribution in [0.25, 0.3) is 0 Å². The molecular weight excluding hydrogens is 436 g/mol. The molecule has 1 fully saturated rings. The van der Waals surface area contributed by atoms with Crippen molar-refractivity contribution in [3.05, 3.63) is 71.8 Å². The van der Waals surface area contributed by atoms with Crippen LogP contribution in [0.1, 0.15) is 44.7 Å². The molecular formula is C26H32N2O6. The number of ether oxygens (including phenoxy) is 2. The maximum atomic E-state index is 13.5. The molecule has 2 atom stereocenters. The number of likely N-dealkylation sites (tertiary alicyclic amines) is 1. The Kier molecular flexibility index (Phi) is 7.94. The monoisotopic (exact) mass is 468 g/mol. The number of rotatable bonds is 7. The molecule has 3 rings (SSSR count). The largest absolute Gasteiger partial charge is 0.457 e. The van der Waals surface area contributed by atoms with Crippen molar-refractivity contribution in [3.63, 3.8) is 0 Å². The maximum Gasteiger partial charge on any atom is 0.408 e. The van der Waals surface area contributed by atoms with Crippen LogP contribution in [0.15, 0.2) is 60.7 Å². The van der Waals surface area contributed by atoms with E-state index in [1.54, 1.807) is 32.9 Å². The van der Waals surface area contributed by atoms with Gasteiger partial charge in [0.05, 0.1) is 0 Å². The van der Waals surface area contributed by atoms with Crippen molar-refractivity contribution in [1.82, 2.24) is 10.2 Å². The van der Waals surface area contributed by atoms with Gasteiger partial charge in [0.15, 0.2) is 0 Å². The van der Waals surface area contributed by atoms with Gasteiger partial charge in [-0.3, -0.25) is 4.79 Å². The molecule has 0 radical (unpaired) electrons. The fourth-order valence-corrected chi connectivity index (χ4v) is 3.83. The lowest BCUT2D eigenvalue weighted by Crippen LogP contribution is -2.59. The minimum Gasteiger partial charge on any atom is -0.457 e. The van der Waals surface area contributed by atoms with Crippen molar-refractivity contribution in [3.8, 4) is 0 Å². The summed E-state index contributed by atoms with van der Waals surface area (Å²) in [4.78, 5) is 40.0. The summed E-state index contributed by atoms with van der Waals surface area (Å²) in [5.74, 6) is -1.47. The van der Waals surface area contributed by atoms with Gasteiger partial charge in [-0.1, -0.05) is 60.7 Å². The van der Waals surface area contributed by atoms with Crippen LogP contribution in [0.5, 0.6) is 0 Å². The SMILES string of the molecule is CC(C)(C)OC(=O)N[C@@H](Cc1ccccc1)C(=O)N1CCC[C@]1(O)C(=O)OCc1ccccc1. The van der Waals surface area contributed by atoms with Gasteiger partial charge < -0.3 is 24.8 Å². The van der Waals surface area contributed by atoms with E-state index in [-0.39, 0.29) is 26.0 Å². The Labute approximate surface area is 199 Å². The van der Waals surface area contributed by atoms with Gasteiger partial charge >= 0.3 is 12.1 Å². The molecule has 0 saturated carbocycles. The molecule has 1 saturated heterocycles. The first-order valence-corrected chi connectivity index (χ1v) is 11.4. The zero-order valence-corrected chi connectivity index (χ0v) is 19.8. The third-order valence-corrected chi connectivity index (χ3v) is 5.43. The molecule has 0 bridgehead atoms. The quantitative estimate of drug-likeness (QED) is 0.605. The maximum absolute atomic E-state index is 13.5. The molecule has 2 aromatic rings. The number of carbonyl (C=O) groups is 3. The van der Waals surface area contributed by atoms with E-state index in [1.165, 1.54) is 0 Å². The summed E-state index contributed by atoms with van der Waals surface area (Å²) in [6, 6.07) is 17.2. The van der Waals surface area contributed by atoms with Gasteiger partial charge in [0, 0.05) is 19.4 Å². The zero-order chi connectivity index (χ0) is 24.8. The van der Waals surface area contributed by atoms with Crippen molar-refractivity contribution in [2.75, 3.05) is 6.54 Å². The second-order valence-corrected chi connectivity index (χ2v) is 9.36. The first-order chi connectivity index (χ1) is 16.1. The first-order valence-electron chi connectivity index (χ1n) is 11.4. The van der Waals surface area contributed by atoms with Gasteiger partial charge in [0.1, 0.15) is 18.2 Å². The molecule has 8 heteroatoms. The summed E-state index contributed by atoms with van der Waals surface area (Å²) in [5, 5.41) is 13.8. The van der Waals surface area contributed by atoms with Crippen molar-refractivity contribution >= 4 is 18.0 Å². The Morgan fingerprint density at radius 1 is 1.03 bits per heavy atom. The van der Waals surface area contributed by atoms with Crippen LogP contribution in [-0.2, 0) is 32.1 Å². The number of benzene rings is 2. The molecule has 1 aliphatic heterocycles. The van der Waals surface area contributed by atoms with E-state index in [4.69, 9.17) is 9.47 Å².